The molecule has 2 rings (SSSR count). The summed E-state index contributed by atoms with van der Waals surface area (Å²) < 4.78 is 5.81. The monoisotopic (exact) mass is 297 g/mol. The van der Waals surface area contributed by atoms with Gasteiger partial charge >= 0.3 is 0 Å². The maximum atomic E-state index is 11.1. The average Bonchev–Trinajstić information content (AvgIpc) is 3.08. The fraction of sp³-hybridized carbons (Fsp3) is 0.462. The van der Waals surface area contributed by atoms with Crippen molar-refractivity contribution in [2.45, 2.75) is 19.8 Å². The van der Waals surface area contributed by atoms with E-state index >= 15 is 0 Å². The van der Waals surface area contributed by atoms with Gasteiger partial charge in [0, 0.05) is 17.7 Å². The van der Waals surface area contributed by atoms with E-state index in [-0.39, 0.29) is 5.91 Å². The van der Waals surface area contributed by atoms with Gasteiger partial charge in [0.25, 0.3) is 0 Å². The largest absolute Gasteiger partial charge is 0.491 e. The van der Waals surface area contributed by atoms with Gasteiger partial charge in [0.15, 0.2) is 0 Å². The van der Waals surface area contributed by atoms with Crippen LogP contribution in [0.25, 0.3) is 0 Å². The van der Waals surface area contributed by atoms with Gasteiger partial charge in [0.1, 0.15) is 5.75 Å². The summed E-state index contributed by atoms with van der Waals surface area (Å²) in [4.78, 5) is 11.1. The lowest BCUT2D eigenvalue weighted by Crippen LogP contribution is -2.15. The molecule has 0 saturated heterocycles. The van der Waals surface area contributed by atoms with Gasteiger partial charge in [-0.3, -0.25) is 4.79 Å². The van der Waals surface area contributed by atoms with Crippen LogP contribution in [0.3, 0.4) is 0 Å². The Labute approximate surface area is 110 Å². The highest BCUT2D eigenvalue weighted by molar-refractivity contribution is 9.09. The van der Waals surface area contributed by atoms with Crippen LogP contribution in [-0.2, 0) is 4.79 Å². The topological polar surface area (TPSA) is 38.3 Å². The third-order valence-electron chi connectivity index (χ3n) is 2.97. The molecule has 0 bridgehead atoms. The smallest absolute Gasteiger partial charge is 0.221 e. The van der Waals surface area contributed by atoms with Crippen molar-refractivity contribution in [1.29, 1.82) is 0 Å². The number of ether oxygens (including phenoxy) is 1. The molecule has 0 atom stereocenters. The minimum Gasteiger partial charge on any atom is -0.491 e. The van der Waals surface area contributed by atoms with Gasteiger partial charge in [0.05, 0.1) is 12.3 Å². The van der Waals surface area contributed by atoms with Crippen LogP contribution in [0.15, 0.2) is 24.3 Å². The average molecular weight is 298 g/mol. The molecule has 1 saturated carbocycles. The van der Waals surface area contributed by atoms with E-state index in [4.69, 9.17) is 4.74 Å². The van der Waals surface area contributed by atoms with Gasteiger partial charge in [-0.15, -0.1) is 0 Å². The number of benzene rings is 1. The molecule has 3 nitrogen and oxygen atoms in total. The predicted octanol–water partition coefficient (Wildman–Crippen LogP) is 3.20. The van der Waals surface area contributed by atoms with E-state index in [1.54, 1.807) is 0 Å². The molecule has 1 fully saturated rings. The standard InChI is InChI=1S/C13H16BrNO2/c1-10(16)15-11-4-2-3-5-12(11)17-9-13(8-14)6-7-13/h2-5H,6-9H2,1H3,(H,15,16). The highest BCUT2D eigenvalue weighted by Crippen LogP contribution is 2.47. The number of carbonyl (C=O) groups excluding carboxylic acids is 1. The minimum atomic E-state index is -0.0809. The molecule has 1 aromatic rings. The lowest BCUT2D eigenvalue weighted by molar-refractivity contribution is -0.114. The van der Waals surface area contributed by atoms with Gasteiger partial charge in [-0.05, 0) is 25.0 Å². The number of anilines is 1. The molecule has 1 amide bonds. The van der Waals surface area contributed by atoms with Crippen LogP contribution in [-0.4, -0.2) is 17.8 Å². The first-order valence-corrected chi connectivity index (χ1v) is 6.83. The number of halogens is 1. The summed E-state index contributed by atoms with van der Waals surface area (Å²) in [5.41, 5.74) is 1.05. The minimum absolute atomic E-state index is 0.0809. The van der Waals surface area contributed by atoms with Crippen molar-refractivity contribution >= 4 is 27.5 Å². The second-order valence-electron chi connectivity index (χ2n) is 4.60. The molecule has 92 valence electrons. The number of para-hydroxylation sites is 2. The van der Waals surface area contributed by atoms with E-state index in [1.807, 2.05) is 24.3 Å². The summed E-state index contributed by atoms with van der Waals surface area (Å²) in [6.45, 7) is 2.20. The molecular weight excluding hydrogens is 282 g/mol. The molecule has 1 aliphatic rings. The Morgan fingerprint density at radius 1 is 1.47 bits per heavy atom. The third-order valence-corrected chi connectivity index (χ3v) is 4.16. The zero-order valence-corrected chi connectivity index (χ0v) is 11.4. The maximum Gasteiger partial charge on any atom is 0.221 e. The van der Waals surface area contributed by atoms with E-state index < -0.39 is 0 Å². The Bertz CT molecular complexity index is 416. The third kappa shape index (κ3) is 3.22. The summed E-state index contributed by atoms with van der Waals surface area (Å²) in [6, 6.07) is 7.53. The van der Waals surface area contributed by atoms with Crippen molar-refractivity contribution in [1.82, 2.24) is 0 Å². The fourth-order valence-electron chi connectivity index (χ4n) is 1.61. The lowest BCUT2D eigenvalue weighted by atomic mass is 10.2. The highest BCUT2D eigenvalue weighted by atomic mass is 79.9. The molecular formula is C13H16BrNO2. The van der Waals surface area contributed by atoms with E-state index in [0.717, 1.165) is 16.8 Å². The summed E-state index contributed by atoms with van der Waals surface area (Å²) >= 11 is 3.52. The molecule has 1 aromatic carbocycles. The van der Waals surface area contributed by atoms with Crippen molar-refractivity contribution in [3.8, 4) is 5.75 Å². The molecule has 17 heavy (non-hydrogen) atoms. The van der Waals surface area contributed by atoms with Crippen LogP contribution in [0.5, 0.6) is 5.75 Å². The summed E-state index contributed by atoms with van der Waals surface area (Å²) in [5.74, 6) is 0.664. The summed E-state index contributed by atoms with van der Waals surface area (Å²) in [7, 11) is 0. The predicted molar refractivity (Wildman–Crippen MR) is 71.7 cm³/mol. The summed E-state index contributed by atoms with van der Waals surface area (Å²) in [5, 5.41) is 3.75. The van der Waals surface area contributed by atoms with Crippen molar-refractivity contribution in [3.63, 3.8) is 0 Å². The zero-order chi connectivity index (χ0) is 12.3. The zero-order valence-electron chi connectivity index (χ0n) is 9.83. The molecule has 1 aliphatic carbocycles. The number of hydrogen-bond donors (Lipinski definition) is 1. The van der Waals surface area contributed by atoms with Crippen molar-refractivity contribution < 1.29 is 9.53 Å². The van der Waals surface area contributed by atoms with Gasteiger partial charge in [-0.25, -0.2) is 0 Å². The Kier molecular flexibility index (Phi) is 3.72. The molecule has 0 unspecified atom stereocenters. The van der Waals surface area contributed by atoms with E-state index in [2.05, 4.69) is 21.2 Å². The van der Waals surface area contributed by atoms with Gasteiger partial charge in [-0.1, -0.05) is 28.1 Å². The SMILES string of the molecule is CC(=O)Nc1ccccc1OCC1(CBr)CC1. The Hall–Kier alpha value is -1.03. The van der Waals surface area contributed by atoms with Crippen molar-refractivity contribution in [2.75, 3.05) is 17.3 Å². The second-order valence-corrected chi connectivity index (χ2v) is 5.16. The second kappa shape index (κ2) is 5.08. The van der Waals surface area contributed by atoms with E-state index in [0.29, 0.717) is 12.0 Å². The molecule has 1 N–H and O–H groups in total. The van der Waals surface area contributed by atoms with E-state index in [9.17, 15) is 4.79 Å². The van der Waals surface area contributed by atoms with Crippen LogP contribution >= 0.6 is 15.9 Å². The lowest BCUT2D eigenvalue weighted by Gasteiger charge is -2.15. The molecule has 0 aliphatic heterocycles. The number of nitrogens with one attached hydrogen (secondary N) is 1. The van der Waals surface area contributed by atoms with Crippen LogP contribution in [0.4, 0.5) is 5.69 Å². The summed E-state index contributed by atoms with van der Waals surface area (Å²) in [6.07, 6.45) is 2.42. The van der Waals surface area contributed by atoms with Crippen LogP contribution < -0.4 is 10.1 Å². The Morgan fingerprint density at radius 3 is 2.76 bits per heavy atom. The Balaban J connectivity index is 2.02. The first-order valence-electron chi connectivity index (χ1n) is 5.71. The number of hydrogen-bond acceptors (Lipinski definition) is 2. The molecule has 0 heterocycles. The molecule has 0 spiro atoms. The maximum absolute atomic E-state index is 11.1. The van der Waals surface area contributed by atoms with Gasteiger partial charge < -0.3 is 10.1 Å². The number of amides is 1. The van der Waals surface area contributed by atoms with Crippen molar-refractivity contribution in [2.24, 2.45) is 5.41 Å². The molecule has 0 aromatic heterocycles. The van der Waals surface area contributed by atoms with Gasteiger partial charge in [0.2, 0.25) is 5.91 Å². The fourth-order valence-corrected chi connectivity index (χ4v) is 2.33. The van der Waals surface area contributed by atoms with Gasteiger partial charge in [-0.2, -0.15) is 0 Å². The van der Waals surface area contributed by atoms with E-state index in [1.165, 1.54) is 19.8 Å². The quantitative estimate of drug-likeness (QED) is 0.848. The highest BCUT2D eigenvalue weighted by Gasteiger charge is 2.42. The first-order chi connectivity index (χ1) is 8.15. The number of alkyl halides is 1. The number of rotatable bonds is 5. The van der Waals surface area contributed by atoms with Crippen LogP contribution in [0.1, 0.15) is 19.8 Å². The van der Waals surface area contributed by atoms with Crippen molar-refractivity contribution in [3.05, 3.63) is 24.3 Å². The van der Waals surface area contributed by atoms with Crippen LogP contribution in [0.2, 0.25) is 0 Å². The normalized spacial score (nSPS) is 16.4. The number of carbonyl (C=O) groups is 1. The Morgan fingerprint density at radius 2 is 2.18 bits per heavy atom. The molecule has 4 heteroatoms. The molecule has 0 radical (unpaired) electrons. The first kappa shape index (κ1) is 12.4. The van der Waals surface area contributed by atoms with Crippen LogP contribution in [0, 0.1) is 5.41 Å².